The van der Waals surface area contributed by atoms with Crippen LogP contribution in [0.4, 0.5) is 0 Å². The van der Waals surface area contributed by atoms with Gasteiger partial charge < -0.3 is 9.84 Å². The number of rotatable bonds is 4. The number of hydrogen-bond acceptors (Lipinski definition) is 3. The molecule has 0 bridgehead atoms. The van der Waals surface area contributed by atoms with Crippen molar-refractivity contribution in [3.63, 3.8) is 0 Å². The molecule has 0 aliphatic carbocycles. The third-order valence-corrected chi connectivity index (χ3v) is 2.61. The zero-order chi connectivity index (χ0) is 11.4. The van der Waals surface area contributed by atoms with Crippen LogP contribution in [0.1, 0.15) is 11.3 Å². The van der Waals surface area contributed by atoms with Gasteiger partial charge in [-0.3, -0.25) is 0 Å². The van der Waals surface area contributed by atoms with Crippen molar-refractivity contribution in [3.8, 4) is 11.1 Å². The fourth-order valence-electron chi connectivity index (χ4n) is 1.65. The molecule has 3 heteroatoms. The zero-order valence-corrected chi connectivity index (χ0v) is 9.66. The molecular weight excluding hydrogens is 200 g/mol. The third kappa shape index (κ3) is 2.31. The summed E-state index contributed by atoms with van der Waals surface area (Å²) in [6.07, 6.45) is 2.65. The van der Waals surface area contributed by atoms with Crippen molar-refractivity contribution in [2.24, 2.45) is 0 Å². The summed E-state index contributed by atoms with van der Waals surface area (Å²) in [5.74, 6) is 0.943. The minimum Gasteiger partial charge on any atom is -0.361 e. The van der Waals surface area contributed by atoms with Crippen LogP contribution in [0, 0.1) is 6.92 Å². The van der Waals surface area contributed by atoms with Gasteiger partial charge in [-0.25, -0.2) is 0 Å². The first-order chi connectivity index (χ1) is 7.81. The molecule has 0 amide bonds. The van der Waals surface area contributed by atoms with Gasteiger partial charge in [-0.2, -0.15) is 0 Å². The van der Waals surface area contributed by atoms with Crippen molar-refractivity contribution >= 4 is 0 Å². The lowest BCUT2D eigenvalue weighted by atomic mass is 10.0. The largest absolute Gasteiger partial charge is 0.361 e. The maximum absolute atomic E-state index is 5.26. The standard InChI is InChI=1S/C13H16N2O/c1-10-3-5-11(6-4-10)12-9-15-16-13(12)7-8-14-2/h3-6,9,14H,7-8H2,1-2H3. The highest BCUT2D eigenvalue weighted by atomic mass is 16.5. The van der Waals surface area contributed by atoms with Crippen molar-refractivity contribution in [1.82, 2.24) is 10.5 Å². The molecule has 16 heavy (non-hydrogen) atoms. The van der Waals surface area contributed by atoms with Crippen molar-refractivity contribution in [1.29, 1.82) is 0 Å². The summed E-state index contributed by atoms with van der Waals surface area (Å²) in [6.45, 7) is 2.98. The quantitative estimate of drug-likeness (QED) is 0.853. The van der Waals surface area contributed by atoms with Crippen LogP contribution in [-0.2, 0) is 6.42 Å². The molecule has 0 aliphatic heterocycles. The molecule has 2 aromatic rings. The van der Waals surface area contributed by atoms with Crippen LogP contribution >= 0.6 is 0 Å². The van der Waals surface area contributed by atoms with Crippen molar-refractivity contribution in [3.05, 3.63) is 41.8 Å². The molecular formula is C13H16N2O. The van der Waals surface area contributed by atoms with E-state index < -0.39 is 0 Å². The highest BCUT2D eigenvalue weighted by Crippen LogP contribution is 2.23. The van der Waals surface area contributed by atoms with E-state index in [-0.39, 0.29) is 0 Å². The lowest BCUT2D eigenvalue weighted by Crippen LogP contribution is -2.10. The molecule has 0 saturated heterocycles. The van der Waals surface area contributed by atoms with Gasteiger partial charge >= 0.3 is 0 Å². The SMILES string of the molecule is CNCCc1oncc1-c1ccc(C)cc1. The monoisotopic (exact) mass is 216 g/mol. The summed E-state index contributed by atoms with van der Waals surface area (Å²) >= 11 is 0. The lowest BCUT2D eigenvalue weighted by molar-refractivity contribution is 0.382. The fourth-order valence-corrected chi connectivity index (χ4v) is 1.65. The van der Waals surface area contributed by atoms with E-state index in [1.165, 1.54) is 5.56 Å². The highest BCUT2D eigenvalue weighted by Gasteiger charge is 2.09. The van der Waals surface area contributed by atoms with Crippen molar-refractivity contribution in [2.75, 3.05) is 13.6 Å². The number of aromatic nitrogens is 1. The summed E-state index contributed by atoms with van der Waals surface area (Å²) < 4.78 is 5.26. The molecule has 1 N–H and O–H groups in total. The molecule has 0 radical (unpaired) electrons. The highest BCUT2D eigenvalue weighted by molar-refractivity contribution is 5.64. The molecule has 1 aromatic carbocycles. The van der Waals surface area contributed by atoms with Gasteiger partial charge in [-0.05, 0) is 19.5 Å². The second-order valence-corrected chi connectivity index (χ2v) is 3.88. The minimum atomic E-state index is 0.861. The molecule has 3 nitrogen and oxygen atoms in total. The molecule has 2 rings (SSSR count). The molecule has 0 fully saturated rings. The first-order valence-corrected chi connectivity index (χ1v) is 5.46. The Labute approximate surface area is 95.5 Å². The Hall–Kier alpha value is -1.61. The Kier molecular flexibility index (Phi) is 3.37. The van der Waals surface area contributed by atoms with Crippen LogP contribution in [-0.4, -0.2) is 18.7 Å². The van der Waals surface area contributed by atoms with E-state index in [0.717, 1.165) is 29.9 Å². The fraction of sp³-hybridized carbons (Fsp3) is 0.308. The predicted molar refractivity (Wildman–Crippen MR) is 64.3 cm³/mol. The lowest BCUT2D eigenvalue weighted by Gasteiger charge is -2.01. The van der Waals surface area contributed by atoms with Gasteiger partial charge in [0.1, 0.15) is 5.76 Å². The summed E-state index contributed by atoms with van der Waals surface area (Å²) in [4.78, 5) is 0. The van der Waals surface area contributed by atoms with Gasteiger partial charge in [0, 0.05) is 18.5 Å². The molecule has 0 atom stereocenters. The van der Waals surface area contributed by atoms with Gasteiger partial charge in [0.15, 0.2) is 0 Å². The van der Waals surface area contributed by atoms with Gasteiger partial charge in [-0.1, -0.05) is 35.0 Å². The number of aryl methyl sites for hydroxylation is 1. The number of hydrogen-bond donors (Lipinski definition) is 1. The maximum atomic E-state index is 5.26. The van der Waals surface area contributed by atoms with E-state index in [4.69, 9.17) is 4.52 Å². The number of benzene rings is 1. The van der Waals surface area contributed by atoms with E-state index in [1.807, 2.05) is 7.05 Å². The second-order valence-electron chi connectivity index (χ2n) is 3.88. The third-order valence-electron chi connectivity index (χ3n) is 2.61. The van der Waals surface area contributed by atoms with E-state index in [1.54, 1.807) is 6.20 Å². The van der Waals surface area contributed by atoms with Crippen LogP contribution in [0.3, 0.4) is 0 Å². The second kappa shape index (κ2) is 4.94. The van der Waals surface area contributed by atoms with E-state index in [0.29, 0.717) is 0 Å². The van der Waals surface area contributed by atoms with E-state index >= 15 is 0 Å². The van der Waals surface area contributed by atoms with Crippen molar-refractivity contribution < 1.29 is 4.52 Å². The summed E-state index contributed by atoms with van der Waals surface area (Å²) in [6, 6.07) is 8.41. The van der Waals surface area contributed by atoms with Crippen LogP contribution in [0.2, 0.25) is 0 Å². The van der Waals surface area contributed by atoms with Crippen LogP contribution in [0.25, 0.3) is 11.1 Å². The Bertz CT molecular complexity index is 445. The predicted octanol–water partition coefficient (Wildman–Crippen LogP) is 2.41. The summed E-state index contributed by atoms with van der Waals surface area (Å²) in [7, 11) is 1.93. The minimum absolute atomic E-state index is 0.861. The molecule has 84 valence electrons. The molecule has 1 aromatic heterocycles. The molecule has 0 aliphatic rings. The molecule has 0 unspecified atom stereocenters. The first-order valence-electron chi connectivity index (χ1n) is 5.46. The Morgan fingerprint density at radius 2 is 2.00 bits per heavy atom. The topological polar surface area (TPSA) is 38.1 Å². The van der Waals surface area contributed by atoms with Gasteiger partial charge in [0.25, 0.3) is 0 Å². The first kappa shape index (κ1) is 10.9. The number of likely N-dealkylation sites (N-methyl/N-ethyl adjacent to an activating group) is 1. The van der Waals surface area contributed by atoms with Gasteiger partial charge in [0.05, 0.1) is 6.20 Å². The summed E-state index contributed by atoms with van der Waals surface area (Å²) in [5.41, 5.74) is 3.52. The molecule has 0 spiro atoms. The zero-order valence-electron chi connectivity index (χ0n) is 9.66. The average molecular weight is 216 g/mol. The Morgan fingerprint density at radius 3 is 2.69 bits per heavy atom. The number of nitrogens with zero attached hydrogens (tertiary/aromatic N) is 1. The average Bonchev–Trinajstić information content (AvgIpc) is 2.75. The molecule has 1 heterocycles. The van der Waals surface area contributed by atoms with Crippen molar-refractivity contribution in [2.45, 2.75) is 13.3 Å². The van der Waals surface area contributed by atoms with Crippen LogP contribution in [0.5, 0.6) is 0 Å². The summed E-state index contributed by atoms with van der Waals surface area (Å²) in [5, 5.41) is 6.98. The van der Waals surface area contributed by atoms with Gasteiger partial charge in [0.2, 0.25) is 0 Å². The van der Waals surface area contributed by atoms with Crippen LogP contribution < -0.4 is 5.32 Å². The smallest absolute Gasteiger partial charge is 0.145 e. The van der Waals surface area contributed by atoms with E-state index in [2.05, 4.69) is 41.7 Å². The normalized spacial score (nSPS) is 10.6. The Morgan fingerprint density at radius 1 is 1.25 bits per heavy atom. The number of nitrogens with one attached hydrogen (secondary N) is 1. The van der Waals surface area contributed by atoms with Gasteiger partial charge in [-0.15, -0.1) is 0 Å². The maximum Gasteiger partial charge on any atom is 0.145 e. The molecule has 0 saturated carbocycles. The van der Waals surface area contributed by atoms with Crippen LogP contribution in [0.15, 0.2) is 35.0 Å². The van der Waals surface area contributed by atoms with E-state index in [9.17, 15) is 0 Å². The Balaban J connectivity index is 2.26.